The van der Waals surface area contributed by atoms with Gasteiger partial charge in [0.05, 0.1) is 6.61 Å². The highest BCUT2D eigenvalue weighted by molar-refractivity contribution is 5.27. The van der Waals surface area contributed by atoms with E-state index in [0.29, 0.717) is 0 Å². The molecule has 1 aromatic rings. The van der Waals surface area contributed by atoms with Crippen molar-refractivity contribution in [2.24, 2.45) is 5.73 Å². The van der Waals surface area contributed by atoms with Crippen LogP contribution in [0.25, 0.3) is 0 Å². The molecule has 1 atom stereocenters. The minimum absolute atomic E-state index is 0.259. The Morgan fingerprint density at radius 1 is 1.35 bits per heavy atom. The van der Waals surface area contributed by atoms with Crippen LogP contribution in [-0.4, -0.2) is 12.6 Å². The smallest absolute Gasteiger partial charge is 0.119 e. The molecule has 0 saturated carbocycles. The zero-order chi connectivity index (χ0) is 12.5. The van der Waals surface area contributed by atoms with Crippen LogP contribution in [0.3, 0.4) is 0 Å². The molecule has 1 unspecified atom stereocenters. The van der Waals surface area contributed by atoms with Gasteiger partial charge in [0.1, 0.15) is 5.75 Å². The summed E-state index contributed by atoms with van der Waals surface area (Å²) < 4.78 is 5.62. The molecule has 0 radical (unpaired) electrons. The second kappa shape index (κ2) is 7.91. The Morgan fingerprint density at radius 2 is 2.06 bits per heavy atom. The van der Waals surface area contributed by atoms with Crippen LogP contribution in [0.4, 0.5) is 0 Å². The molecular formula is C15H23NO. The Hall–Kier alpha value is -1.28. The van der Waals surface area contributed by atoms with Crippen molar-refractivity contribution in [3.63, 3.8) is 0 Å². The van der Waals surface area contributed by atoms with E-state index in [9.17, 15) is 0 Å². The third kappa shape index (κ3) is 5.55. The number of hydrogen-bond acceptors (Lipinski definition) is 2. The highest BCUT2D eigenvalue weighted by atomic mass is 16.5. The van der Waals surface area contributed by atoms with E-state index in [0.717, 1.165) is 38.0 Å². The van der Waals surface area contributed by atoms with Crippen molar-refractivity contribution >= 4 is 0 Å². The molecule has 0 bridgehead atoms. The number of ether oxygens (including phenoxy) is 1. The molecule has 1 aromatic carbocycles. The fraction of sp³-hybridized carbons (Fsp3) is 0.467. The maximum atomic E-state index is 5.92. The average Bonchev–Trinajstić information content (AvgIpc) is 2.36. The maximum Gasteiger partial charge on any atom is 0.119 e. The highest BCUT2D eigenvalue weighted by Crippen LogP contribution is 2.14. The number of rotatable bonds is 8. The minimum Gasteiger partial charge on any atom is -0.494 e. The second-order valence-corrected chi connectivity index (χ2v) is 4.30. The molecule has 0 fully saturated rings. The van der Waals surface area contributed by atoms with Crippen LogP contribution in [-0.2, 0) is 6.42 Å². The molecule has 2 N–H and O–H groups in total. The standard InChI is InChI=1S/C15H23NO/c1-3-5-6-11-17-15-9-7-13(8-10-15)12-14(16)4-2/h3,7-10,14H,1,4-6,11-12,16H2,2H3. The van der Waals surface area contributed by atoms with Gasteiger partial charge in [-0.25, -0.2) is 0 Å². The molecule has 1 rings (SSSR count). The van der Waals surface area contributed by atoms with Crippen LogP contribution in [0.5, 0.6) is 5.75 Å². The highest BCUT2D eigenvalue weighted by Gasteiger charge is 2.01. The van der Waals surface area contributed by atoms with Crippen molar-refractivity contribution in [1.82, 2.24) is 0 Å². The summed E-state index contributed by atoms with van der Waals surface area (Å²) in [6.07, 6.45) is 5.89. The Kier molecular flexibility index (Phi) is 6.41. The SMILES string of the molecule is C=CCCCOc1ccc(CC(N)CC)cc1. The van der Waals surface area contributed by atoms with Gasteiger partial charge in [-0.3, -0.25) is 0 Å². The first-order valence-corrected chi connectivity index (χ1v) is 6.34. The molecule has 0 aliphatic carbocycles. The van der Waals surface area contributed by atoms with Crippen molar-refractivity contribution in [3.8, 4) is 5.75 Å². The van der Waals surface area contributed by atoms with Crippen LogP contribution in [0.15, 0.2) is 36.9 Å². The van der Waals surface area contributed by atoms with E-state index in [1.807, 2.05) is 18.2 Å². The molecule has 0 saturated heterocycles. The quantitative estimate of drug-likeness (QED) is 0.552. The van der Waals surface area contributed by atoms with E-state index < -0.39 is 0 Å². The van der Waals surface area contributed by atoms with Gasteiger partial charge >= 0.3 is 0 Å². The van der Waals surface area contributed by atoms with Crippen molar-refractivity contribution in [2.75, 3.05) is 6.61 Å². The third-order valence-corrected chi connectivity index (χ3v) is 2.77. The number of nitrogens with two attached hydrogens (primary N) is 1. The van der Waals surface area contributed by atoms with Crippen LogP contribution >= 0.6 is 0 Å². The monoisotopic (exact) mass is 233 g/mol. The first kappa shape index (κ1) is 13.8. The van der Waals surface area contributed by atoms with E-state index in [4.69, 9.17) is 10.5 Å². The summed E-state index contributed by atoms with van der Waals surface area (Å²) in [6, 6.07) is 8.49. The van der Waals surface area contributed by atoms with Gasteiger partial charge in [-0.05, 0) is 43.4 Å². The predicted octanol–water partition coefficient (Wildman–Crippen LogP) is 3.31. The van der Waals surface area contributed by atoms with E-state index >= 15 is 0 Å². The number of hydrogen-bond donors (Lipinski definition) is 1. The topological polar surface area (TPSA) is 35.2 Å². The lowest BCUT2D eigenvalue weighted by atomic mass is 10.0. The van der Waals surface area contributed by atoms with Gasteiger partial charge in [0.25, 0.3) is 0 Å². The van der Waals surface area contributed by atoms with Crippen LogP contribution < -0.4 is 10.5 Å². The first-order chi connectivity index (χ1) is 8.26. The van der Waals surface area contributed by atoms with E-state index in [1.165, 1.54) is 5.56 Å². The van der Waals surface area contributed by atoms with Gasteiger partial charge in [-0.1, -0.05) is 25.1 Å². The van der Waals surface area contributed by atoms with Crippen LogP contribution in [0.2, 0.25) is 0 Å². The summed E-state index contributed by atoms with van der Waals surface area (Å²) in [5.74, 6) is 0.933. The van der Waals surface area contributed by atoms with Gasteiger partial charge < -0.3 is 10.5 Å². The molecule has 2 nitrogen and oxygen atoms in total. The molecule has 0 spiro atoms. The average molecular weight is 233 g/mol. The summed E-state index contributed by atoms with van der Waals surface area (Å²) in [5.41, 5.74) is 7.19. The van der Waals surface area contributed by atoms with Gasteiger partial charge in [0.15, 0.2) is 0 Å². The van der Waals surface area contributed by atoms with Crippen LogP contribution in [0.1, 0.15) is 31.7 Å². The lowest BCUT2D eigenvalue weighted by Gasteiger charge is -2.10. The Bertz CT molecular complexity index is 318. The largest absolute Gasteiger partial charge is 0.494 e. The molecular weight excluding hydrogens is 210 g/mol. The number of benzene rings is 1. The van der Waals surface area contributed by atoms with E-state index in [1.54, 1.807) is 0 Å². The molecule has 94 valence electrons. The lowest BCUT2D eigenvalue weighted by molar-refractivity contribution is 0.312. The predicted molar refractivity (Wildman–Crippen MR) is 73.3 cm³/mol. The van der Waals surface area contributed by atoms with Crippen molar-refractivity contribution < 1.29 is 4.74 Å². The minimum atomic E-state index is 0.259. The third-order valence-electron chi connectivity index (χ3n) is 2.77. The van der Waals surface area contributed by atoms with Crippen LogP contribution in [0, 0.1) is 0 Å². The van der Waals surface area contributed by atoms with Gasteiger partial charge in [0, 0.05) is 6.04 Å². The molecule has 17 heavy (non-hydrogen) atoms. The molecule has 0 aliphatic heterocycles. The maximum absolute atomic E-state index is 5.92. The zero-order valence-electron chi connectivity index (χ0n) is 10.7. The molecule has 0 aliphatic rings. The number of unbranched alkanes of at least 4 members (excludes halogenated alkanes) is 1. The first-order valence-electron chi connectivity index (χ1n) is 6.34. The Labute approximate surface area is 104 Å². The van der Waals surface area contributed by atoms with E-state index in [-0.39, 0.29) is 6.04 Å². The fourth-order valence-electron chi connectivity index (χ4n) is 1.59. The normalized spacial score (nSPS) is 12.1. The van der Waals surface area contributed by atoms with Gasteiger partial charge in [-0.2, -0.15) is 0 Å². The number of allylic oxidation sites excluding steroid dienone is 1. The Morgan fingerprint density at radius 3 is 2.65 bits per heavy atom. The second-order valence-electron chi connectivity index (χ2n) is 4.30. The molecule has 0 heterocycles. The van der Waals surface area contributed by atoms with E-state index in [2.05, 4.69) is 25.6 Å². The summed E-state index contributed by atoms with van der Waals surface area (Å²) in [5, 5.41) is 0. The molecule has 0 aromatic heterocycles. The molecule has 2 heteroatoms. The fourth-order valence-corrected chi connectivity index (χ4v) is 1.59. The molecule has 0 amide bonds. The Balaban J connectivity index is 2.36. The summed E-state index contributed by atoms with van der Waals surface area (Å²) in [4.78, 5) is 0. The van der Waals surface area contributed by atoms with Crippen molar-refractivity contribution in [2.45, 2.75) is 38.6 Å². The van der Waals surface area contributed by atoms with Gasteiger partial charge in [0.2, 0.25) is 0 Å². The summed E-state index contributed by atoms with van der Waals surface area (Å²) in [6.45, 7) is 6.55. The summed E-state index contributed by atoms with van der Waals surface area (Å²) >= 11 is 0. The van der Waals surface area contributed by atoms with Crippen molar-refractivity contribution in [3.05, 3.63) is 42.5 Å². The lowest BCUT2D eigenvalue weighted by Crippen LogP contribution is -2.21. The zero-order valence-corrected chi connectivity index (χ0v) is 10.7. The summed E-state index contributed by atoms with van der Waals surface area (Å²) in [7, 11) is 0. The van der Waals surface area contributed by atoms with Crippen molar-refractivity contribution in [1.29, 1.82) is 0 Å². The van der Waals surface area contributed by atoms with Gasteiger partial charge in [-0.15, -0.1) is 6.58 Å².